The van der Waals surface area contributed by atoms with Gasteiger partial charge < -0.3 is 14.0 Å². The van der Waals surface area contributed by atoms with Gasteiger partial charge in [0.25, 0.3) is 0 Å². The summed E-state index contributed by atoms with van der Waals surface area (Å²) in [5.41, 5.74) is 2.34. The molecule has 3 aromatic rings. The van der Waals surface area contributed by atoms with Gasteiger partial charge >= 0.3 is 0 Å². The van der Waals surface area contributed by atoms with Crippen LogP contribution in [0.3, 0.4) is 0 Å². The maximum atomic E-state index is 5.81. The Balaban J connectivity index is 1.62. The molecule has 1 fully saturated rings. The van der Waals surface area contributed by atoms with Gasteiger partial charge in [-0.1, -0.05) is 12.1 Å². The maximum absolute atomic E-state index is 5.81. The van der Waals surface area contributed by atoms with Crippen LogP contribution in [0.5, 0.6) is 5.75 Å². The minimum absolute atomic E-state index is 0.275. The molecule has 25 heavy (non-hydrogen) atoms. The summed E-state index contributed by atoms with van der Waals surface area (Å²) in [6, 6.07) is 12.5. The number of ether oxygens (including phenoxy) is 2. The maximum Gasteiger partial charge on any atom is 0.140 e. The molecule has 1 aliphatic rings. The molecule has 0 bridgehead atoms. The Morgan fingerprint density at radius 2 is 2.04 bits per heavy atom. The van der Waals surface area contributed by atoms with Crippen molar-refractivity contribution in [1.82, 2.24) is 14.5 Å². The van der Waals surface area contributed by atoms with E-state index in [9.17, 15) is 0 Å². The fourth-order valence-electron chi connectivity index (χ4n) is 3.48. The Labute approximate surface area is 147 Å². The summed E-state index contributed by atoms with van der Waals surface area (Å²) in [7, 11) is 1.68. The molecular formula is C20H21N3O2. The summed E-state index contributed by atoms with van der Waals surface area (Å²) in [5, 5.41) is 0. The van der Waals surface area contributed by atoms with E-state index in [-0.39, 0.29) is 6.04 Å². The second-order valence-electron chi connectivity index (χ2n) is 6.31. The van der Waals surface area contributed by atoms with E-state index in [2.05, 4.69) is 32.7 Å². The van der Waals surface area contributed by atoms with Crippen LogP contribution in [0, 0.1) is 5.92 Å². The first-order valence-electron chi connectivity index (χ1n) is 8.49. The van der Waals surface area contributed by atoms with Crippen molar-refractivity contribution < 1.29 is 9.47 Å². The normalized spacial score (nSPS) is 19.9. The lowest BCUT2D eigenvalue weighted by atomic mass is 9.95. The lowest BCUT2D eigenvalue weighted by Crippen LogP contribution is -2.20. The Bertz CT molecular complexity index is 832. The third-order valence-corrected chi connectivity index (χ3v) is 4.77. The summed E-state index contributed by atoms with van der Waals surface area (Å²) in [6.45, 7) is 1.48. The summed E-state index contributed by atoms with van der Waals surface area (Å²) < 4.78 is 13.4. The Hall–Kier alpha value is -2.66. The van der Waals surface area contributed by atoms with Crippen LogP contribution in [-0.4, -0.2) is 34.9 Å². The molecule has 0 aliphatic carbocycles. The van der Waals surface area contributed by atoms with E-state index in [0.29, 0.717) is 12.5 Å². The molecule has 2 atom stereocenters. The monoisotopic (exact) mass is 335 g/mol. The van der Waals surface area contributed by atoms with E-state index >= 15 is 0 Å². The van der Waals surface area contributed by atoms with Crippen molar-refractivity contribution in [3.8, 4) is 17.1 Å². The van der Waals surface area contributed by atoms with Gasteiger partial charge in [-0.05, 0) is 36.2 Å². The fraction of sp³-hybridized carbons (Fsp3) is 0.300. The van der Waals surface area contributed by atoms with Gasteiger partial charge in [0.1, 0.15) is 11.6 Å². The van der Waals surface area contributed by atoms with E-state index < -0.39 is 0 Å². The first kappa shape index (κ1) is 15.8. The summed E-state index contributed by atoms with van der Waals surface area (Å²) >= 11 is 0. The average Bonchev–Trinajstić information content (AvgIpc) is 3.31. The highest BCUT2D eigenvalue weighted by molar-refractivity contribution is 5.58. The quantitative estimate of drug-likeness (QED) is 0.717. The molecule has 1 aliphatic heterocycles. The summed E-state index contributed by atoms with van der Waals surface area (Å²) in [5.74, 6) is 2.21. The van der Waals surface area contributed by atoms with Crippen molar-refractivity contribution in [1.29, 1.82) is 0 Å². The van der Waals surface area contributed by atoms with Gasteiger partial charge in [0.05, 0.1) is 26.4 Å². The van der Waals surface area contributed by atoms with Gasteiger partial charge in [0, 0.05) is 36.3 Å². The first-order valence-corrected chi connectivity index (χ1v) is 8.49. The Morgan fingerprint density at radius 1 is 1.16 bits per heavy atom. The van der Waals surface area contributed by atoms with E-state index in [4.69, 9.17) is 9.47 Å². The Morgan fingerprint density at radius 3 is 2.88 bits per heavy atom. The molecule has 0 radical (unpaired) electrons. The van der Waals surface area contributed by atoms with Crippen molar-refractivity contribution >= 4 is 0 Å². The van der Waals surface area contributed by atoms with E-state index in [0.717, 1.165) is 30.2 Å². The molecule has 4 rings (SSSR count). The first-order chi connectivity index (χ1) is 12.3. The third-order valence-electron chi connectivity index (χ3n) is 4.77. The highest BCUT2D eigenvalue weighted by Gasteiger charge is 2.31. The standard InChI is InChI=1S/C20H21N3O2/c1-24-18-4-2-3-16(12-18)20-22-9-10-23(20)19-14-25-13-17(19)11-15-5-7-21-8-6-15/h2-10,12,17,19H,11,13-14H2,1H3/t17-,19+/m0/s1. The molecule has 0 N–H and O–H groups in total. The molecule has 0 saturated carbocycles. The van der Waals surface area contributed by atoms with Gasteiger partial charge in [-0.15, -0.1) is 0 Å². The molecule has 3 heterocycles. The van der Waals surface area contributed by atoms with Crippen LogP contribution in [-0.2, 0) is 11.2 Å². The van der Waals surface area contributed by atoms with E-state index in [1.807, 2.05) is 43.0 Å². The predicted octanol–water partition coefficient (Wildman–Crippen LogP) is 3.38. The minimum atomic E-state index is 0.275. The smallest absolute Gasteiger partial charge is 0.140 e. The average molecular weight is 335 g/mol. The summed E-state index contributed by atoms with van der Waals surface area (Å²) in [6.07, 6.45) is 8.57. The number of hydrogen-bond donors (Lipinski definition) is 0. The molecular weight excluding hydrogens is 314 g/mol. The highest BCUT2D eigenvalue weighted by Crippen LogP contribution is 2.33. The molecule has 2 aromatic heterocycles. The van der Waals surface area contributed by atoms with Crippen LogP contribution in [0.15, 0.2) is 61.2 Å². The number of methoxy groups -OCH3 is 1. The number of hydrogen-bond acceptors (Lipinski definition) is 4. The van der Waals surface area contributed by atoms with Crippen LogP contribution >= 0.6 is 0 Å². The van der Waals surface area contributed by atoms with Crippen molar-refractivity contribution in [2.45, 2.75) is 12.5 Å². The highest BCUT2D eigenvalue weighted by atomic mass is 16.5. The van der Waals surface area contributed by atoms with Crippen LogP contribution in [0.1, 0.15) is 11.6 Å². The van der Waals surface area contributed by atoms with Crippen LogP contribution < -0.4 is 4.74 Å². The molecule has 0 spiro atoms. The third kappa shape index (κ3) is 3.28. The molecule has 5 nitrogen and oxygen atoms in total. The topological polar surface area (TPSA) is 49.2 Å². The van der Waals surface area contributed by atoms with Crippen molar-refractivity contribution in [3.63, 3.8) is 0 Å². The van der Waals surface area contributed by atoms with Gasteiger partial charge in [0.15, 0.2) is 0 Å². The number of rotatable bonds is 5. The van der Waals surface area contributed by atoms with Crippen LogP contribution in [0.2, 0.25) is 0 Å². The summed E-state index contributed by atoms with van der Waals surface area (Å²) in [4.78, 5) is 8.69. The van der Waals surface area contributed by atoms with Gasteiger partial charge in [-0.2, -0.15) is 0 Å². The minimum Gasteiger partial charge on any atom is -0.497 e. The molecule has 1 saturated heterocycles. The second-order valence-corrected chi connectivity index (χ2v) is 6.31. The lowest BCUT2D eigenvalue weighted by molar-refractivity contribution is 0.181. The van der Waals surface area contributed by atoms with Crippen molar-refractivity contribution in [2.75, 3.05) is 20.3 Å². The lowest BCUT2D eigenvalue weighted by Gasteiger charge is -2.21. The zero-order chi connectivity index (χ0) is 17.1. The SMILES string of the molecule is COc1cccc(-c2nccn2[C@@H]2COC[C@@H]2Cc2ccncc2)c1. The zero-order valence-electron chi connectivity index (χ0n) is 14.2. The number of nitrogens with zero attached hydrogens (tertiary/aromatic N) is 3. The molecule has 1 aromatic carbocycles. The molecule has 128 valence electrons. The second kappa shape index (κ2) is 7.07. The number of benzene rings is 1. The number of pyridine rings is 1. The van der Waals surface area contributed by atoms with E-state index in [1.54, 1.807) is 7.11 Å². The molecule has 0 unspecified atom stereocenters. The van der Waals surface area contributed by atoms with Crippen LogP contribution in [0.25, 0.3) is 11.4 Å². The predicted molar refractivity (Wildman–Crippen MR) is 95.5 cm³/mol. The zero-order valence-corrected chi connectivity index (χ0v) is 14.2. The Kier molecular flexibility index (Phi) is 4.48. The number of aromatic nitrogens is 3. The molecule has 5 heteroatoms. The fourth-order valence-corrected chi connectivity index (χ4v) is 3.48. The van der Waals surface area contributed by atoms with Crippen LogP contribution in [0.4, 0.5) is 0 Å². The van der Waals surface area contributed by atoms with Crippen molar-refractivity contribution in [2.24, 2.45) is 5.92 Å². The van der Waals surface area contributed by atoms with Gasteiger partial charge in [-0.3, -0.25) is 4.98 Å². The molecule has 0 amide bonds. The van der Waals surface area contributed by atoms with E-state index in [1.165, 1.54) is 5.56 Å². The van der Waals surface area contributed by atoms with Gasteiger partial charge in [-0.25, -0.2) is 4.98 Å². The largest absolute Gasteiger partial charge is 0.497 e. The van der Waals surface area contributed by atoms with Crippen molar-refractivity contribution in [3.05, 3.63) is 66.7 Å². The number of imidazole rings is 1. The van der Waals surface area contributed by atoms with Gasteiger partial charge in [0.2, 0.25) is 0 Å².